The molecule has 0 aliphatic carbocycles. The number of nitrogens with zero attached hydrogens (tertiary/aromatic N) is 1. The molecule has 4 aromatic rings. The van der Waals surface area contributed by atoms with Crippen LogP contribution >= 0.6 is 11.8 Å². The molecule has 0 saturated carbocycles. The van der Waals surface area contributed by atoms with E-state index >= 15 is 0 Å². The third-order valence-corrected chi connectivity index (χ3v) is 6.17. The van der Waals surface area contributed by atoms with Crippen molar-refractivity contribution in [3.05, 3.63) is 125 Å². The lowest BCUT2D eigenvalue weighted by atomic mass is 10.2. The smallest absolute Gasteiger partial charge is 0.256 e. The van der Waals surface area contributed by atoms with Crippen LogP contribution in [0.1, 0.15) is 31.8 Å². The van der Waals surface area contributed by atoms with Gasteiger partial charge in [-0.25, -0.2) is 0 Å². The number of thioether (sulfide) groups is 1. The lowest BCUT2D eigenvalue weighted by Crippen LogP contribution is -2.14. The van der Waals surface area contributed by atoms with Gasteiger partial charge in [0.2, 0.25) is 0 Å². The summed E-state index contributed by atoms with van der Waals surface area (Å²) in [6.45, 7) is 0. The molecule has 0 radical (unpaired) electrons. The van der Waals surface area contributed by atoms with E-state index in [2.05, 4.69) is 16.7 Å². The highest BCUT2D eigenvalue weighted by molar-refractivity contribution is 7.98. The highest BCUT2D eigenvalue weighted by Gasteiger charge is 2.13. The van der Waals surface area contributed by atoms with E-state index in [1.807, 2.05) is 48.5 Å². The van der Waals surface area contributed by atoms with Crippen molar-refractivity contribution in [3.63, 3.8) is 0 Å². The van der Waals surface area contributed by atoms with Crippen LogP contribution in [-0.4, -0.2) is 11.8 Å². The number of amides is 2. The first-order chi connectivity index (χ1) is 16.6. The van der Waals surface area contributed by atoms with Gasteiger partial charge in [0, 0.05) is 27.6 Å². The van der Waals surface area contributed by atoms with Crippen LogP contribution in [0, 0.1) is 11.3 Å². The highest BCUT2D eigenvalue weighted by Crippen LogP contribution is 2.27. The van der Waals surface area contributed by atoms with Crippen LogP contribution in [0.3, 0.4) is 0 Å². The van der Waals surface area contributed by atoms with Crippen LogP contribution in [0.25, 0.3) is 0 Å². The van der Waals surface area contributed by atoms with Gasteiger partial charge in [-0.05, 0) is 60.2 Å². The van der Waals surface area contributed by atoms with E-state index in [1.54, 1.807) is 66.4 Å². The molecule has 166 valence electrons. The molecule has 0 bridgehead atoms. The summed E-state index contributed by atoms with van der Waals surface area (Å²) in [7, 11) is 0. The second-order valence-electron chi connectivity index (χ2n) is 7.45. The normalized spacial score (nSPS) is 10.2. The fourth-order valence-corrected chi connectivity index (χ4v) is 4.29. The van der Waals surface area contributed by atoms with Gasteiger partial charge in [0.25, 0.3) is 11.8 Å². The van der Waals surface area contributed by atoms with Crippen LogP contribution in [0.15, 0.2) is 108 Å². The van der Waals surface area contributed by atoms with Gasteiger partial charge in [0.1, 0.15) is 0 Å². The Kier molecular flexibility index (Phi) is 7.39. The molecule has 6 heteroatoms. The Labute approximate surface area is 202 Å². The molecular formula is C28H21N3O2S. The predicted molar refractivity (Wildman–Crippen MR) is 136 cm³/mol. The minimum Gasteiger partial charge on any atom is -0.322 e. The fourth-order valence-electron chi connectivity index (χ4n) is 3.28. The fraction of sp³-hybridized carbons (Fsp3) is 0.0357. The predicted octanol–water partition coefficient (Wildman–Crippen LogP) is 6.36. The zero-order chi connectivity index (χ0) is 23.8. The molecule has 0 spiro atoms. The first-order valence-electron chi connectivity index (χ1n) is 10.6. The molecule has 0 aromatic heterocycles. The van der Waals surface area contributed by atoms with E-state index in [9.17, 15) is 9.59 Å². The zero-order valence-electron chi connectivity index (χ0n) is 18.2. The van der Waals surface area contributed by atoms with Gasteiger partial charge in [-0.2, -0.15) is 5.26 Å². The number of carbonyl (C=O) groups excluding carboxylic acids is 2. The number of benzene rings is 4. The molecule has 2 N–H and O–H groups in total. The first kappa shape index (κ1) is 22.8. The molecule has 0 fully saturated rings. The Morgan fingerprint density at radius 1 is 0.735 bits per heavy atom. The molecule has 4 rings (SSSR count). The monoisotopic (exact) mass is 463 g/mol. The van der Waals surface area contributed by atoms with Crippen LogP contribution in [0.5, 0.6) is 0 Å². The summed E-state index contributed by atoms with van der Waals surface area (Å²) in [4.78, 5) is 26.3. The number of hydrogen-bond acceptors (Lipinski definition) is 4. The molecule has 0 atom stereocenters. The maximum Gasteiger partial charge on any atom is 0.256 e. The van der Waals surface area contributed by atoms with E-state index in [0.29, 0.717) is 33.8 Å². The van der Waals surface area contributed by atoms with Crippen molar-refractivity contribution in [3.8, 4) is 6.07 Å². The third-order valence-electron chi connectivity index (χ3n) is 5.02. The van der Waals surface area contributed by atoms with Crippen molar-refractivity contribution < 1.29 is 9.59 Å². The molecule has 0 heterocycles. The van der Waals surface area contributed by atoms with Crippen molar-refractivity contribution in [1.29, 1.82) is 5.26 Å². The number of anilines is 2. The van der Waals surface area contributed by atoms with Crippen LogP contribution in [-0.2, 0) is 5.75 Å². The maximum atomic E-state index is 13.0. The van der Waals surface area contributed by atoms with Crippen molar-refractivity contribution in [2.24, 2.45) is 0 Å². The van der Waals surface area contributed by atoms with Crippen molar-refractivity contribution in [2.45, 2.75) is 10.6 Å². The average Bonchev–Trinajstić information content (AvgIpc) is 2.88. The second kappa shape index (κ2) is 11.0. The number of carbonyl (C=O) groups is 2. The summed E-state index contributed by atoms with van der Waals surface area (Å²) in [6, 6.07) is 33.0. The number of nitrogens with one attached hydrogen (secondary N) is 2. The van der Waals surface area contributed by atoms with E-state index in [4.69, 9.17) is 5.26 Å². The molecule has 34 heavy (non-hydrogen) atoms. The molecule has 0 unspecified atom stereocenters. The van der Waals surface area contributed by atoms with Gasteiger partial charge in [0.05, 0.1) is 17.2 Å². The standard InChI is InChI=1S/C28H21N3O2S/c29-18-20-13-15-21(16-14-20)19-34-26-12-5-4-11-25(26)28(33)31-24-10-6-9-23(17-24)30-27(32)22-7-2-1-3-8-22/h1-17H,19H2,(H,30,32)(H,31,33). The third kappa shape index (κ3) is 5.91. The molecule has 5 nitrogen and oxygen atoms in total. The molecule has 0 aliphatic heterocycles. The summed E-state index contributed by atoms with van der Waals surface area (Å²) in [5.41, 5.74) is 4.00. The van der Waals surface area contributed by atoms with Crippen molar-refractivity contribution in [1.82, 2.24) is 0 Å². The van der Waals surface area contributed by atoms with Gasteiger partial charge in [-0.1, -0.05) is 48.5 Å². The Bertz CT molecular complexity index is 1350. The minimum atomic E-state index is -0.227. The molecular weight excluding hydrogens is 442 g/mol. The summed E-state index contributed by atoms with van der Waals surface area (Å²) in [6.07, 6.45) is 0. The largest absolute Gasteiger partial charge is 0.322 e. The lowest BCUT2D eigenvalue weighted by molar-refractivity contribution is 0.101. The second-order valence-corrected chi connectivity index (χ2v) is 8.47. The molecule has 2 amide bonds. The Morgan fingerprint density at radius 3 is 2.09 bits per heavy atom. The Balaban J connectivity index is 1.43. The number of nitriles is 1. The van der Waals surface area contributed by atoms with Gasteiger partial charge in [-0.3, -0.25) is 9.59 Å². The molecule has 4 aromatic carbocycles. The van der Waals surface area contributed by atoms with Gasteiger partial charge >= 0.3 is 0 Å². The van der Waals surface area contributed by atoms with Gasteiger partial charge in [0.15, 0.2) is 0 Å². The summed E-state index contributed by atoms with van der Waals surface area (Å²) in [5, 5.41) is 14.7. The Morgan fingerprint density at radius 2 is 1.38 bits per heavy atom. The van der Waals surface area contributed by atoms with E-state index < -0.39 is 0 Å². The van der Waals surface area contributed by atoms with Gasteiger partial charge in [-0.15, -0.1) is 11.8 Å². The zero-order valence-corrected chi connectivity index (χ0v) is 19.0. The first-order valence-corrected chi connectivity index (χ1v) is 11.6. The molecule has 0 saturated heterocycles. The average molecular weight is 464 g/mol. The minimum absolute atomic E-state index is 0.214. The summed E-state index contributed by atoms with van der Waals surface area (Å²) in [5.74, 6) is 0.236. The van der Waals surface area contributed by atoms with Gasteiger partial charge < -0.3 is 10.6 Å². The lowest BCUT2D eigenvalue weighted by Gasteiger charge is -2.11. The summed E-state index contributed by atoms with van der Waals surface area (Å²) >= 11 is 1.56. The van der Waals surface area contributed by atoms with Crippen LogP contribution in [0.2, 0.25) is 0 Å². The van der Waals surface area contributed by atoms with Crippen molar-refractivity contribution in [2.75, 3.05) is 10.6 Å². The maximum absolute atomic E-state index is 13.0. The van der Waals surface area contributed by atoms with E-state index in [1.165, 1.54) is 0 Å². The highest BCUT2D eigenvalue weighted by atomic mass is 32.2. The SMILES string of the molecule is N#Cc1ccc(CSc2ccccc2C(=O)Nc2cccc(NC(=O)c3ccccc3)c2)cc1. The van der Waals surface area contributed by atoms with Crippen LogP contribution in [0.4, 0.5) is 11.4 Å². The van der Waals surface area contributed by atoms with E-state index in [0.717, 1.165) is 10.5 Å². The van der Waals surface area contributed by atoms with Crippen LogP contribution < -0.4 is 10.6 Å². The number of rotatable bonds is 7. The van der Waals surface area contributed by atoms with Crippen molar-refractivity contribution >= 4 is 35.0 Å². The van der Waals surface area contributed by atoms with E-state index in [-0.39, 0.29) is 11.8 Å². The quantitative estimate of drug-likeness (QED) is 0.313. The Hall–Kier alpha value is -4.34. The summed E-state index contributed by atoms with van der Waals surface area (Å²) < 4.78 is 0. The number of hydrogen-bond donors (Lipinski definition) is 2. The molecule has 0 aliphatic rings. The topological polar surface area (TPSA) is 82.0 Å².